The zero-order valence-electron chi connectivity index (χ0n) is 12.8. The standard InChI is InChI=1S/C17H10Cl3NO2S2/c1-23-14-6-5-9(7-13(14)20)21-16(22)15(25-17(21)24)8-10-11(18)3-2-4-12(10)19/h2-8H,1H3. The predicted molar refractivity (Wildman–Crippen MR) is 110 cm³/mol. The van der Waals surface area contributed by atoms with Gasteiger partial charge < -0.3 is 4.74 Å². The molecule has 0 spiro atoms. The van der Waals surface area contributed by atoms with Crippen molar-refractivity contribution >= 4 is 80.8 Å². The molecule has 3 rings (SSSR count). The van der Waals surface area contributed by atoms with Gasteiger partial charge in [-0.3, -0.25) is 9.69 Å². The van der Waals surface area contributed by atoms with Gasteiger partial charge in [0.15, 0.2) is 4.32 Å². The van der Waals surface area contributed by atoms with Gasteiger partial charge in [0.05, 0.1) is 22.7 Å². The highest BCUT2D eigenvalue weighted by Gasteiger charge is 2.34. The highest BCUT2D eigenvalue weighted by molar-refractivity contribution is 8.27. The molecule has 0 atom stereocenters. The van der Waals surface area contributed by atoms with E-state index in [0.717, 1.165) is 0 Å². The van der Waals surface area contributed by atoms with Crippen molar-refractivity contribution in [2.24, 2.45) is 0 Å². The molecule has 0 bridgehead atoms. The number of rotatable bonds is 3. The van der Waals surface area contributed by atoms with Gasteiger partial charge in [-0.1, -0.05) is 64.8 Å². The summed E-state index contributed by atoms with van der Waals surface area (Å²) in [7, 11) is 1.52. The summed E-state index contributed by atoms with van der Waals surface area (Å²) in [4.78, 5) is 14.7. The van der Waals surface area contributed by atoms with E-state index in [1.807, 2.05) is 0 Å². The van der Waals surface area contributed by atoms with Crippen LogP contribution >= 0.6 is 58.8 Å². The third-order valence-electron chi connectivity index (χ3n) is 3.46. The number of benzene rings is 2. The highest BCUT2D eigenvalue weighted by atomic mass is 35.5. The number of hydrogen-bond donors (Lipinski definition) is 0. The monoisotopic (exact) mass is 429 g/mol. The van der Waals surface area contributed by atoms with Crippen LogP contribution in [0.3, 0.4) is 0 Å². The van der Waals surface area contributed by atoms with Crippen molar-refractivity contribution in [2.45, 2.75) is 0 Å². The van der Waals surface area contributed by atoms with Crippen LogP contribution in [0.15, 0.2) is 41.3 Å². The van der Waals surface area contributed by atoms with E-state index in [9.17, 15) is 4.79 Å². The average molecular weight is 431 g/mol. The Morgan fingerprint density at radius 2 is 1.80 bits per heavy atom. The summed E-state index contributed by atoms with van der Waals surface area (Å²) < 4.78 is 5.53. The largest absolute Gasteiger partial charge is 0.495 e. The molecule has 1 fully saturated rings. The first kappa shape index (κ1) is 18.5. The number of thiocarbonyl (C=S) groups is 1. The lowest BCUT2D eigenvalue weighted by Gasteiger charge is -2.15. The number of thioether (sulfide) groups is 1. The topological polar surface area (TPSA) is 29.5 Å². The number of anilines is 1. The van der Waals surface area contributed by atoms with E-state index in [1.165, 1.54) is 23.8 Å². The molecule has 2 aromatic rings. The summed E-state index contributed by atoms with van der Waals surface area (Å²) in [5, 5.41) is 1.32. The van der Waals surface area contributed by atoms with Crippen LogP contribution in [0.1, 0.15) is 5.56 Å². The minimum absolute atomic E-state index is 0.257. The Kier molecular flexibility index (Phi) is 5.61. The normalized spacial score (nSPS) is 16.0. The Morgan fingerprint density at radius 3 is 2.40 bits per heavy atom. The molecule has 1 aliphatic rings. The molecule has 0 unspecified atom stereocenters. The Balaban J connectivity index is 1.98. The lowest BCUT2D eigenvalue weighted by molar-refractivity contribution is -0.113. The van der Waals surface area contributed by atoms with Gasteiger partial charge in [0, 0.05) is 15.6 Å². The van der Waals surface area contributed by atoms with Gasteiger partial charge in [-0.25, -0.2) is 0 Å². The van der Waals surface area contributed by atoms with Gasteiger partial charge in [-0.05, 0) is 36.4 Å². The maximum absolute atomic E-state index is 12.8. The molecule has 0 aromatic heterocycles. The minimum atomic E-state index is -0.257. The number of amides is 1. The molecule has 0 N–H and O–H groups in total. The summed E-state index contributed by atoms with van der Waals surface area (Å²) in [6.07, 6.45) is 1.65. The van der Waals surface area contributed by atoms with Crippen molar-refractivity contribution in [1.82, 2.24) is 0 Å². The lowest BCUT2D eigenvalue weighted by Crippen LogP contribution is -2.27. The number of carbonyl (C=O) groups excluding carboxylic acids is 1. The molecular formula is C17H10Cl3NO2S2. The average Bonchev–Trinajstić information content (AvgIpc) is 2.85. The molecule has 2 aromatic carbocycles. The smallest absolute Gasteiger partial charge is 0.270 e. The number of hydrogen-bond acceptors (Lipinski definition) is 4. The molecule has 8 heteroatoms. The molecule has 0 aliphatic carbocycles. The van der Waals surface area contributed by atoms with Gasteiger partial charge in [0.2, 0.25) is 0 Å². The number of ether oxygens (including phenoxy) is 1. The van der Waals surface area contributed by atoms with Crippen molar-refractivity contribution in [3.63, 3.8) is 0 Å². The summed E-state index contributed by atoms with van der Waals surface area (Å²) in [5.41, 5.74) is 1.15. The van der Waals surface area contributed by atoms with E-state index in [2.05, 4.69) is 0 Å². The second-order valence-electron chi connectivity index (χ2n) is 4.97. The molecule has 1 saturated heterocycles. The summed E-state index contributed by atoms with van der Waals surface area (Å²) in [5.74, 6) is 0.265. The van der Waals surface area contributed by atoms with Crippen LogP contribution in [0.2, 0.25) is 15.1 Å². The summed E-state index contributed by atoms with van der Waals surface area (Å²) >= 11 is 25.0. The van der Waals surface area contributed by atoms with Crippen LogP contribution in [0.25, 0.3) is 6.08 Å². The fourth-order valence-electron chi connectivity index (χ4n) is 2.26. The number of nitrogens with zero attached hydrogens (tertiary/aromatic N) is 1. The zero-order valence-corrected chi connectivity index (χ0v) is 16.7. The Hall–Kier alpha value is -1.24. The Morgan fingerprint density at radius 1 is 1.12 bits per heavy atom. The molecule has 128 valence electrons. The number of methoxy groups -OCH3 is 1. The van der Waals surface area contributed by atoms with Gasteiger partial charge in [0.25, 0.3) is 5.91 Å². The molecule has 0 saturated carbocycles. The first-order valence-electron chi connectivity index (χ1n) is 6.98. The van der Waals surface area contributed by atoms with Crippen molar-refractivity contribution in [1.29, 1.82) is 0 Å². The van der Waals surface area contributed by atoms with E-state index in [1.54, 1.807) is 42.5 Å². The Bertz CT molecular complexity index is 895. The second kappa shape index (κ2) is 7.56. The molecule has 1 aliphatic heterocycles. The minimum Gasteiger partial charge on any atom is -0.495 e. The summed E-state index contributed by atoms with van der Waals surface area (Å²) in [6, 6.07) is 10.2. The van der Waals surface area contributed by atoms with Crippen LogP contribution in [-0.4, -0.2) is 17.3 Å². The third kappa shape index (κ3) is 3.66. The van der Waals surface area contributed by atoms with Crippen molar-refractivity contribution in [2.75, 3.05) is 12.0 Å². The van der Waals surface area contributed by atoms with Crippen LogP contribution in [0, 0.1) is 0 Å². The molecule has 25 heavy (non-hydrogen) atoms. The van der Waals surface area contributed by atoms with E-state index >= 15 is 0 Å². The van der Waals surface area contributed by atoms with Crippen LogP contribution < -0.4 is 9.64 Å². The SMILES string of the molecule is COc1ccc(N2C(=O)C(=Cc3c(Cl)cccc3Cl)SC2=S)cc1Cl. The maximum Gasteiger partial charge on any atom is 0.270 e. The quantitative estimate of drug-likeness (QED) is 0.437. The number of carbonyl (C=O) groups is 1. The fraction of sp³-hybridized carbons (Fsp3) is 0.0588. The van der Waals surface area contributed by atoms with E-state index in [0.29, 0.717) is 41.3 Å². The van der Waals surface area contributed by atoms with E-state index < -0.39 is 0 Å². The Labute approximate surface area is 169 Å². The first-order valence-corrected chi connectivity index (χ1v) is 9.33. The van der Waals surface area contributed by atoms with E-state index in [4.69, 9.17) is 51.8 Å². The van der Waals surface area contributed by atoms with Crippen LogP contribution in [-0.2, 0) is 4.79 Å². The molecule has 1 heterocycles. The van der Waals surface area contributed by atoms with Crippen molar-refractivity contribution < 1.29 is 9.53 Å². The zero-order chi connectivity index (χ0) is 18.1. The molecule has 3 nitrogen and oxygen atoms in total. The fourth-order valence-corrected chi connectivity index (χ4v) is 4.30. The van der Waals surface area contributed by atoms with Gasteiger partial charge in [-0.2, -0.15) is 0 Å². The number of halogens is 3. The predicted octanol–water partition coefficient (Wildman–Crippen LogP) is 6.06. The molecular weight excluding hydrogens is 421 g/mol. The van der Waals surface area contributed by atoms with Gasteiger partial charge in [0.1, 0.15) is 5.75 Å². The lowest BCUT2D eigenvalue weighted by atomic mass is 10.2. The first-order chi connectivity index (χ1) is 11.9. The van der Waals surface area contributed by atoms with Crippen molar-refractivity contribution in [3.05, 3.63) is 61.9 Å². The van der Waals surface area contributed by atoms with Gasteiger partial charge in [-0.15, -0.1) is 0 Å². The molecule has 0 radical (unpaired) electrons. The third-order valence-corrected chi connectivity index (χ3v) is 5.72. The summed E-state index contributed by atoms with van der Waals surface area (Å²) in [6.45, 7) is 0. The molecule has 1 amide bonds. The second-order valence-corrected chi connectivity index (χ2v) is 7.87. The van der Waals surface area contributed by atoms with E-state index in [-0.39, 0.29) is 5.91 Å². The van der Waals surface area contributed by atoms with Gasteiger partial charge >= 0.3 is 0 Å². The van der Waals surface area contributed by atoms with Crippen molar-refractivity contribution in [3.8, 4) is 5.75 Å². The highest BCUT2D eigenvalue weighted by Crippen LogP contribution is 2.39. The van der Waals surface area contributed by atoms with Crippen LogP contribution in [0.4, 0.5) is 5.69 Å². The maximum atomic E-state index is 12.8. The van der Waals surface area contributed by atoms with Crippen LogP contribution in [0.5, 0.6) is 5.75 Å².